The van der Waals surface area contributed by atoms with Crippen molar-refractivity contribution in [2.45, 2.75) is 47.0 Å². The molecule has 0 aliphatic carbocycles. The molecule has 0 aliphatic heterocycles. The fraction of sp³-hybridized carbons (Fsp3) is 0.429. The highest BCUT2D eigenvalue weighted by molar-refractivity contribution is 7.14. The van der Waals surface area contributed by atoms with Crippen LogP contribution in [0.25, 0.3) is 0 Å². The molecule has 0 unspecified atom stereocenters. The number of thiophene rings is 1. The first kappa shape index (κ1) is 20.2. The number of anilines is 1. The fourth-order valence-corrected chi connectivity index (χ4v) is 4.20. The van der Waals surface area contributed by atoms with Gasteiger partial charge in [-0.2, -0.15) is 0 Å². The molecular weight excluding hydrogens is 344 g/mol. The van der Waals surface area contributed by atoms with Gasteiger partial charge in [0.05, 0.1) is 11.4 Å². The molecule has 1 N–H and O–H groups in total. The minimum atomic E-state index is -0.185. The summed E-state index contributed by atoms with van der Waals surface area (Å²) in [6.45, 7) is 8.23. The Bertz CT molecular complexity index is 795. The van der Waals surface area contributed by atoms with E-state index in [0.29, 0.717) is 4.88 Å². The summed E-state index contributed by atoms with van der Waals surface area (Å²) in [5, 5.41) is 2.91. The van der Waals surface area contributed by atoms with Crippen LogP contribution in [-0.2, 0) is 17.6 Å². The molecule has 140 valence electrons. The van der Waals surface area contributed by atoms with Gasteiger partial charge in [0, 0.05) is 17.6 Å². The Morgan fingerprint density at radius 1 is 1.15 bits per heavy atom. The highest BCUT2D eigenvalue weighted by Crippen LogP contribution is 2.25. The number of likely N-dealkylation sites (N-methyl/N-ethyl adjacent to an activating group) is 1. The summed E-state index contributed by atoms with van der Waals surface area (Å²) in [7, 11) is 1.68. The Balaban J connectivity index is 2.04. The van der Waals surface area contributed by atoms with Crippen LogP contribution in [-0.4, -0.2) is 30.3 Å². The first-order valence-corrected chi connectivity index (χ1v) is 9.91. The summed E-state index contributed by atoms with van der Waals surface area (Å²) in [4.78, 5) is 28.5. The second-order valence-electron chi connectivity index (χ2n) is 6.69. The zero-order chi connectivity index (χ0) is 19.3. The van der Waals surface area contributed by atoms with Crippen LogP contribution in [0.3, 0.4) is 0 Å². The van der Waals surface area contributed by atoms with Crippen molar-refractivity contribution in [3.05, 3.63) is 50.7 Å². The minimum absolute atomic E-state index is 0.0364. The largest absolute Gasteiger partial charge is 0.332 e. The third-order valence-corrected chi connectivity index (χ3v) is 5.59. The molecule has 26 heavy (non-hydrogen) atoms. The van der Waals surface area contributed by atoms with E-state index in [1.54, 1.807) is 18.4 Å². The lowest BCUT2D eigenvalue weighted by Gasteiger charge is -2.17. The van der Waals surface area contributed by atoms with Crippen molar-refractivity contribution in [3.63, 3.8) is 0 Å². The maximum Gasteiger partial charge on any atom is 0.264 e. The molecule has 0 saturated carbocycles. The summed E-state index contributed by atoms with van der Waals surface area (Å²) >= 11 is 1.56. The summed E-state index contributed by atoms with van der Waals surface area (Å²) in [5.74, 6) is -0.279. The average Bonchev–Trinajstić information content (AvgIpc) is 3.00. The van der Waals surface area contributed by atoms with Crippen molar-refractivity contribution in [2.24, 2.45) is 0 Å². The molecule has 0 bridgehead atoms. The molecule has 2 rings (SSSR count). The third kappa shape index (κ3) is 4.94. The van der Waals surface area contributed by atoms with Gasteiger partial charge in [-0.05, 0) is 55.5 Å². The molecule has 0 saturated heterocycles. The molecule has 2 amide bonds. The molecule has 1 heterocycles. The van der Waals surface area contributed by atoms with E-state index in [0.717, 1.165) is 36.1 Å². The van der Waals surface area contributed by atoms with Crippen LogP contribution < -0.4 is 5.32 Å². The van der Waals surface area contributed by atoms with E-state index in [2.05, 4.69) is 19.2 Å². The number of aryl methyl sites for hydroxylation is 4. The first-order chi connectivity index (χ1) is 12.3. The van der Waals surface area contributed by atoms with Gasteiger partial charge in [-0.25, -0.2) is 0 Å². The maximum absolute atomic E-state index is 12.7. The molecule has 2 aromatic rings. The first-order valence-electron chi connectivity index (χ1n) is 9.09. The number of hydrogen-bond acceptors (Lipinski definition) is 3. The van der Waals surface area contributed by atoms with E-state index in [4.69, 9.17) is 0 Å². The zero-order valence-corrected chi connectivity index (χ0v) is 17.1. The smallest absolute Gasteiger partial charge is 0.264 e. The van der Waals surface area contributed by atoms with E-state index >= 15 is 0 Å². The van der Waals surface area contributed by atoms with Crippen LogP contribution in [0.2, 0.25) is 0 Å². The van der Waals surface area contributed by atoms with Crippen LogP contribution in [0.5, 0.6) is 0 Å². The number of amides is 2. The molecule has 4 nitrogen and oxygen atoms in total. The van der Waals surface area contributed by atoms with Crippen molar-refractivity contribution in [3.8, 4) is 0 Å². The van der Waals surface area contributed by atoms with Crippen molar-refractivity contribution in [2.75, 3.05) is 18.9 Å². The molecule has 0 fully saturated rings. The lowest BCUT2D eigenvalue weighted by molar-refractivity contribution is -0.116. The van der Waals surface area contributed by atoms with Crippen molar-refractivity contribution in [1.82, 2.24) is 4.90 Å². The van der Waals surface area contributed by atoms with Gasteiger partial charge in [-0.15, -0.1) is 11.3 Å². The van der Waals surface area contributed by atoms with Gasteiger partial charge in [0.1, 0.15) is 0 Å². The number of carbonyl (C=O) groups excluding carboxylic acids is 2. The maximum atomic E-state index is 12.7. The van der Waals surface area contributed by atoms with Crippen molar-refractivity contribution < 1.29 is 9.59 Å². The Labute approximate surface area is 160 Å². The number of benzene rings is 1. The topological polar surface area (TPSA) is 49.4 Å². The van der Waals surface area contributed by atoms with Gasteiger partial charge >= 0.3 is 0 Å². The summed E-state index contributed by atoms with van der Waals surface area (Å²) in [6, 6.07) is 7.92. The SMILES string of the molecule is CCCc1sc(C(=O)N(C)CC(=O)Nc2cc(C)ccc2C)cc1CC. The van der Waals surface area contributed by atoms with Gasteiger partial charge in [0.15, 0.2) is 0 Å². The molecule has 0 spiro atoms. The quantitative estimate of drug-likeness (QED) is 0.773. The van der Waals surface area contributed by atoms with Crippen LogP contribution in [0.4, 0.5) is 5.69 Å². The fourth-order valence-electron chi connectivity index (χ4n) is 2.85. The zero-order valence-electron chi connectivity index (χ0n) is 16.3. The number of carbonyl (C=O) groups is 2. The molecular formula is C21H28N2O2S. The highest BCUT2D eigenvalue weighted by Gasteiger charge is 2.19. The normalized spacial score (nSPS) is 10.7. The van der Waals surface area contributed by atoms with Gasteiger partial charge in [-0.1, -0.05) is 32.4 Å². The number of nitrogens with zero attached hydrogens (tertiary/aromatic N) is 1. The predicted molar refractivity (Wildman–Crippen MR) is 109 cm³/mol. The molecule has 0 aliphatic rings. The summed E-state index contributed by atoms with van der Waals surface area (Å²) in [5.41, 5.74) is 4.14. The van der Waals surface area contributed by atoms with E-state index in [9.17, 15) is 9.59 Å². The third-order valence-electron chi connectivity index (χ3n) is 4.36. The van der Waals surface area contributed by atoms with Gasteiger partial charge in [0.2, 0.25) is 5.91 Å². The summed E-state index contributed by atoms with van der Waals surface area (Å²) in [6.07, 6.45) is 2.99. The van der Waals surface area contributed by atoms with E-state index < -0.39 is 0 Å². The van der Waals surface area contributed by atoms with Crippen LogP contribution >= 0.6 is 11.3 Å². The van der Waals surface area contributed by atoms with E-state index in [1.807, 2.05) is 38.1 Å². The van der Waals surface area contributed by atoms with Gasteiger partial charge < -0.3 is 10.2 Å². The Hall–Kier alpha value is -2.14. The van der Waals surface area contributed by atoms with E-state index in [1.165, 1.54) is 15.3 Å². The molecule has 0 radical (unpaired) electrons. The molecule has 5 heteroatoms. The van der Waals surface area contributed by atoms with Gasteiger partial charge in [0.25, 0.3) is 5.91 Å². The second-order valence-corrected chi connectivity index (χ2v) is 7.83. The van der Waals surface area contributed by atoms with Gasteiger partial charge in [-0.3, -0.25) is 9.59 Å². The summed E-state index contributed by atoms with van der Waals surface area (Å²) < 4.78 is 0. The number of rotatable bonds is 7. The second kappa shape index (κ2) is 8.99. The van der Waals surface area contributed by atoms with Crippen molar-refractivity contribution >= 4 is 28.8 Å². The van der Waals surface area contributed by atoms with E-state index in [-0.39, 0.29) is 18.4 Å². The number of hydrogen-bond donors (Lipinski definition) is 1. The van der Waals surface area contributed by atoms with Crippen molar-refractivity contribution in [1.29, 1.82) is 0 Å². The molecule has 1 aromatic carbocycles. The lowest BCUT2D eigenvalue weighted by Crippen LogP contribution is -2.34. The number of nitrogens with one attached hydrogen (secondary N) is 1. The molecule has 0 atom stereocenters. The predicted octanol–water partition coefficient (Wildman–Crippen LogP) is 4.59. The lowest BCUT2D eigenvalue weighted by atomic mass is 10.1. The highest BCUT2D eigenvalue weighted by atomic mass is 32.1. The minimum Gasteiger partial charge on any atom is -0.332 e. The van der Waals surface area contributed by atoms with Crippen LogP contribution in [0, 0.1) is 13.8 Å². The van der Waals surface area contributed by atoms with Crippen LogP contribution in [0.15, 0.2) is 24.3 Å². The Kier molecular flexibility index (Phi) is 6.98. The average molecular weight is 373 g/mol. The molecule has 1 aromatic heterocycles. The van der Waals surface area contributed by atoms with Crippen LogP contribution in [0.1, 0.15) is 51.5 Å². The monoisotopic (exact) mass is 372 g/mol. The standard InChI is InChI=1S/C21H28N2O2S/c1-6-8-18-16(7-2)12-19(26-18)21(25)23(5)13-20(24)22-17-11-14(3)9-10-15(17)4/h9-12H,6-8,13H2,1-5H3,(H,22,24). The Morgan fingerprint density at radius 2 is 1.88 bits per heavy atom. The Morgan fingerprint density at radius 3 is 2.54 bits per heavy atom.